The van der Waals surface area contributed by atoms with Crippen molar-refractivity contribution in [2.45, 2.75) is 19.1 Å². The lowest BCUT2D eigenvalue weighted by Gasteiger charge is -2.10. The van der Waals surface area contributed by atoms with Crippen LogP contribution in [-0.2, 0) is 17.5 Å². The predicted octanol–water partition coefficient (Wildman–Crippen LogP) is 4.20. The zero-order valence-electron chi connectivity index (χ0n) is 12.0. The van der Waals surface area contributed by atoms with Gasteiger partial charge in [-0.15, -0.1) is 13.2 Å². The van der Waals surface area contributed by atoms with Crippen LogP contribution in [-0.4, -0.2) is 22.1 Å². The lowest BCUT2D eigenvalue weighted by molar-refractivity contribution is -0.274. The molecule has 0 aliphatic carbocycles. The van der Waals surface area contributed by atoms with Crippen LogP contribution in [0.4, 0.5) is 32.0 Å². The van der Waals surface area contributed by atoms with E-state index in [0.29, 0.717) is 0 Å². The van der Waals surface area contributed by atoms with Gasteiger partial charge in [0, 0.05) is 11.9 Å². The van der Waals surface area contributed by atoms with Gasteiger partial charge >= 0.3 is 12.5 Å². The number of halogens is 7. The first kappa shape index (κ1) is 19.1. The van der Waals surface area contributed by atoms with E-state index in [0.717, 1.165) is 35.1 Å². The van der Waals surface area contributed by atoms with Gasteiger partial charge in [-0.1, -0.05) is 0 Å². The maximum atomic E-state index is 12.6. The summed E-state index contributed by atoms with van der Waals surface area (Å²) in [4.78, 5) is 11.8. The summed E-state index contributed by atoms with van der Waals surface area (Å²) in [5.41, 5.74) is -1.03. The summed E-state index contributed by atoms with van der Waals surface area (Å²) in [6, 6.07) is 4.27. The van der Waals surface area contributed by atoms with Gasteiger partial charge in [0.2, 0.25) is 5.91 Å². The van der Waals surface area contributed by atoms with E-state index >= 15 is 0 Å². The van der Waals surface area contributed by atoms with Crippen molar-refractivity contribution in [3.63, 3.8) is 0 Å². The fourth-order valence-corrected chi connectivity index (χ4v) is 2.30. The molecule has 0 aliphatic rings. The third-order valence-corrected chi connectivity index (χ3v) is 3.24. The van der Waals surface area contributed by atoms with Crippen molar-refractivity contribution < 1.29 is 35.9 Å². The summed E-state index contributed by atoms with van der Waals surface area (Å²) >= 11 is 2.70. The fraction of sp³-hybridized carbons (Fsp3) is 0.231. The minimum Gasteiger partial charge on any atom is -0.406 e. The minimum atomic E-state index is -4.84. The average molecular weight is 432 g/mol. The smallest absolute Gasteiger partial charge is 0.406 e. The number of nitrogens with one attached hydrogen (secondary N) is 1. The molecule has 2 rings (SSSR count). The van der Waals surface area contributed by atoms with E-state index in [1.54, 1.807) is 0 Å². The zero-order chi connectivity index (χ0) is 18.8. The zero-order valence-corrected chi connectivity index (χ0v) is 13.5. The van der Waals surface area contributed by atoms with Crippen molar-refractivity contribution in [3.8, 4) is 5.75 Å². The highest BCUT2D eigenvalue weighted by Gasteiger charge is 2.36. The van der Waals surface area contributed by atoms with E-state index in [-0.39, 0.29) is 10.2 Å². The first-order chi connectivity index (χ1) is 11.4. The molecule has 1 aromatic heterocycles. The van der Waals surface area contributed by atoms with Crippen LogP contribution >= 0.6 is 15.9 Å². The van der Waals surface area contributed by atoms with E-state index < -0.39 is 36.4 Å². The van der Waals surface area contributed by atoms with Gasteiger partial charge in [-0.25, -0.2) is 0 Å². The number of rotatable bonds is 4. The largest absolute Gasteiger partial charge is 0.573 e. The lowest BCUT2D eigenvalue weighted by atomic mass is 10.3. The van der Waals surface area contributed by atoms with Crippen LogP contribution < -0.4 is 10.1 Å². The van der Waals surface area contributed by atoms with Gasteiger partial charge in [-0.3, -0.25) is 9.48 Å². The molecule has 0 fully saturated rings. The van der Waals surface area contributed by atoms with Crippen LogP contribution in [0.2, 0.25) is 0 Å². The normalized spacial score (nSPS) is 12.1. The van der Waals surface area contributed by atoms with Crippen LogP contribution in [0.3, 0.4) is 0 Å². The van der Waals surface area contributed by atoms with Gasteiger partial charge in [0.1, 0.15) is 12.3 Å². The summed E-state index contributed by atoms with van der Waals surface area (Å²) in [6.07, 6.45) is -8.52. The summed E-state index contributed by atoms with van der Waals surface area (Å²) in [5, 5.41) is 5.57. The number of nitrogens with zero attached hydrogens (tertiary/aromatic N) is 2. The predicted molar refractivity (Wildman–Crippen MR) is 76.7 cm³/mol. The van der Waals surface area contributed by atoms with Gasteiger partial charge in [0.05, 0.1) is 4.47 Å². The molecule has 0 spiro atoms. The number of carbonyl (C=O) groups is 1. The Morgan fingerprint density at radius 1 is 1.16 bits per heavy atom. The van der Waals surface area contributed by atoms with Gasteiger partial charge in [0.15, 0.2) is 5.69 Å². The topological polar surface area (TPSA) is 56.2 Å². The molecule has 0 unspecified atom stereocenters. The first-order valence-electron chi connectivity index (χ1n) is 6.40. The van der Waals surface area contributed by atoms with E-state index in [1.165, 1.54) is 0 Å². The fourth-order valence-electron chi connectivity index (χ4n) is 1.76. The van der Waals surface area contributed by atoms with Gasteiger partial charge in [-0.05, 0) is 40.2 Å². The van der Waals surface area contributed by atoms with Crippen molar-refractivity contribution in [2.75, 3.05) is 5.32 Å². The van der Waals surface area contributed by atoms with Crippen molar-refractivity contribution in [3.05, 3.63) is 40.6 Å². The number of aromatic nitrogens is 2. The molecule has 25 heavy (non-hydrogen) atoms. The van der Waals surface area contributed by atoms with Crippen molar-refractivity contribution in [2.24, 2.45) is 0 Å². The highest BCUT2D eigenvalue weighted by Crippen LogP contribution is 2.33. The van der Waals surface area contributed by atoms with E-state index in [4.69, 9.17) is 0 Å². The Balaban J connectivity index is 1.99. The Bertz CT molecular complexity index is 755. The van der Waals surface area contributed by atoms with Crippen LogP contribution in [0, 0.1) is 0 Å². The molecule has 1 N–H and O–H groups in total. The van der Waals surface area contributed by atoms with Crippen LogP contribution in [0.5, 0.6) is 5.75 Å². The second-order valence-corrected chi connectivity index (χ2v) is 5.50. The number of benzene rings is 1. The summed E-state index contributed by atoms with van der Waals surface area (Å²) in [5.74, 6) is -1.19. The Hall–Kier alpha value is -2.24. The van der Waals surface area contributed by atoms with Gasteiger partial charge < -0.3 is 10.1 Å². The Morgan fingerprint density at radius 3 is 2.24 bits per heavy atom. The molecular formula is C13H8BrF6N3O2. The molecular weight excluding hydrogens is 424 g/mol. The monoisotopic (exact) mass is 431 g/mol. The molecule has 0 saturated heterocycles. The second kappa shape index (κ2) is 6.94. The molecule has 0 atom stereocenters. The molecule has 0 saturated carbocycles. The first-order valence-corrected chi connectivity index (χ1v) is 7.19. The number of amides is 1. The number of carbonyl (C=O) groups excluding carboxylic acids is 1. The Kier molecular flexibility index (Phi) is 5.30. The lowest BCUT2D eigenvalue weighted by Crippen LogP contribution is -2.20. The van der Waals surface area contributed by atoms with Crippen molar-refractivity contribution >= 4 is 27.5 Å². The maximum absolute atomic E-state index is 12.6. The number of alkyl halides is 6. The number of ether oxygens (including phenoxy) is 1. The third kappa shape index (κ3) is 5.66. The summed E-state index contributed by atoms with van der Waals surface area (Å²) in [7, 11) is 0. The quantitative estimate of drug-likeness (QED) is 0.738. The van der Waals surface area contributed by atoms with Crippen LogP contribution in [0.25, 0.3) is 0 Å². The second-order valence-electron chi connectivity index (χ2n) is 4.64. The van der Waals surface area contributed by atoms with E-state index in [1.807, 2.05) is 0 Å². The molecule has 1 amide bonds. The molecule has 1 aromatic carbocycles. The Morgan fingerprint density at radius 2 is 1.76 bits per heavy atom. The number of hydrogen-bond donors (Lipinski definition) is 1. The molecule has 12 heteroatoms. The average Bonchev–Trinajstić information content (AvgIpc) is 2.80. The number of anilines is 1. The van der Waals surface area contributed by atoms with Gasteiger partial charge in [0.25, 0.3) is 0 Å². The molecule has 136 valence electrons. The summed E-state index contributed by atoms with van der Waals surface area (Å²) in [6.45, 7) is -0.518. The molecule has 2 aromatic rings. The van der Waals surface area contributed by atoms with Gasteiger partial charge in [-0.2, -0.15) is 18.3 Å². The molecule has 5 nitrogen and oxygen atoms in total. The molecule has 0 radical (unpaired) electrons. The summed E-state index contributed by atoms with van der Waals surface area (Å²) < 4.78 is 78.0. The van der Waals surface area contributed by atoms with Crippen molar-refractivity contribution in [1.29, 1.82) is 0 Å². The van der Waals surface area contributed by atoms with E-state index in [2.05, 4.69) is 31.1 Å². The molecule has 0 bridgehead atoms. The van der Waals surface area contributed by atoms with Crippen LogP contribution in [0.15, 0.2) is 34.9 Å². The highest BCUT2D eigenvalue weighted by atomic mass is 79.9. The highest BCUT2D eigenvalue weighted by molar-refractivity contribution is 9.10. The minimum absolute atomic E-state index is 0.141. The molecule has 1 heterocycles. The SMILES string of the molecule is O=C(Cn1cc(Br)c(C(F)(F)F)n1)Nc1ccc(OC(F)(F)F)cc1. The van der Waals surface area contributed by atoms with E-state index in [9.17, 15) is 31.1 Å². The molecule has 0 aliphatic heterocycles. The maximum Gasteiger partial charge on any atom is 0.573 e. The van der Waals surface area contributed by atoms with Crippen molar-refractivity contribution in [1.82, 2.24) is 9.78 Å². The van der Waals surface area contributed by atoms with Crippen LogP contribution in [0.1, 0.15) is 5.69 Å². The third-order valence-electron chi connectivity index (χ3n) is 2.66. The standard InChI is InChI=1S/C13H8BrF6N3O2/c14-9-5-23(22-11(9)12(15,16)17)6-10(24)21-7-1-3-8(4-2-7)25-13(18,19)20/h1-5H,6H2,(H,21,24). The Labute approximate surface area is 144 Å². The number of hydrogen-bond acceptors (Lipinski definition) is 3.